The number of aromatic nitrogens is 2. The molecule has 2 rings (SSSR count). The van der Waals surface area contributed by atoms with Gasteiger partial charge in [0.1, 0.15) is 11.6 Å². The molecule has 0 bridgehead atoms. The minimum Gasteiger partial charge on any atom is -0.299 e. The number of hydrogen-bond donors (Lipinski definition) is 0. The fourth-order valence-electron chi connectivity index (χ4n) is 2.41. The molecule has 1 aromatic heterocycles. The number of rotatable bonds is 5. The lowest BCUT2D eigenvalue weighted by Crippen LogP contribution is -2.05. The summed E-state index contributed by atoms with van der Waals surface area (Å²) in [6.45, 7) is 3.94. The maximum absolute atomic E-state index is 13.3. The Morgan fingerprint density at radius 1 is 1.38 bits per heavy atom. The molecular weight excluding hydrogens is 291 g/mol. The Bertz CT molecular complexity index is 679. The van der Waals surface area contributed by atoms with Crippen molar-refractivity contribution in [2.24, 2.45) is 7.05 Å². The Morgan fingerprint density at radius 3 is 2.67 bits per heavy atom. The lowest BCUT2D eigenvalue weighted by atomic mass is 10.0. The van der Waals surface area contributed by atoms with Crippen LogP contribution in [0.25, 0.3) is 0 Å². The highest BCUT2D eigenvalue weighted by molar-refractivity contribution is 6.30. The third kappa shape index (κ3) is 3.70. The van der Waals surface area contributed by atoms with Crippen molar-refractivity contribution in [1.29, 1.82) is 0 Å². The van der Waals surface area contributed by atoms with Gasteiger partial charge >= 0.3 is 0 Å². The average Bonchev–Trinajstić information content (AvgIpc) is 2.66. The molecule has 0 radical (unpaired) electrons. The van der Waals surface area contributed by atoms with Crippen LogP contribution in [0.5, 0.6) is 0 Å². The first-order valence-corrected chi connectivity index (χ1v) is 7.21. The number of carbonyl (C=O) groups is 1. The lowest BCUT2D eigenvalue weighted by Gasteiger charge is -2.04. The summed E-state index contributed by atoms with van der Waals surface area (Å²) in [4.78, 5) is 12.0. The van der Waals surface area contributed by atoms with E-state index in [-0.39, 0.29) is 17.2 Å². The van der Waals surface area contributed by atoms with Crippen LogP contribution >= 0.6 is 11.6 Å². The van der Waals surface area contributed by atoms with E-state index in [0.717, 1.165) is 17.0 Å². The maximum atomic E-state index is 13.3. The van der Waals surface area contributed by atoms with Crippen molar-refractivity contribution >= 4 is 17.4 Å². The van der Waals surface area contributed by atoms with E-state index in [2.05, 4.69) is 5.10 Å². The number of halogens is 2. The summed E-state index contributed by atoms with van der Waals surface area (Å²) in [5, 5.41) is 4.41. The van der Waals surface area contributed by atoms with Crippen molar-refractivity contribution in [1.82, 2.24) is 9.78 Å². The first-order valence-electron chi connectivity index (χ1n) is 6.83. The fourth-order valence-corrected chi connectivity index (χ4v) is 2.53. The molecule has 0 saturated heterocycles. The van der Waals surface area contributed by atoms with Crippen molar-refractivity contribution in [3.05, 3.63) is 51.6 Å². The van der Waals surface area contributed by atoms with Crippen LogP contribution in [0, 0.1) is 19.7 Å². The molecule has 112 valence electrons. The number of carbonyl (C=O) groups excluding carboxylic acids is 1. The van der Waals surface area contributed by atoms with Crippen LogP contribution in [0.4, 0.5) is 4.39 Å². The molecule has 0 aliphatic rings. The summed E-state index contributed by atoms with van der Waals surface area (Å²) in [5.41, 5.74) is 3.81. The van der Waals surface area contributed by atoms with E-state index in [1.807, 2.05) is 25.6 Å². The van der Waals surface area contributed by atoms with Gasteiger partial charge in [0.2, 0.25) is 0 Å². The van der Waals surface area contributed by atoms with Crippen molar-refractivity contribution in [3.63, 3.8) is 0 Å². The van der Waals surface area contributed by atoms with E-state index < -0.39 is 5.82 Å². The van der Waals surface area contributed by atoms with E-state index in [0.29, 0.717) is 18.4 Å². The molecule has 0 aliphatic heterocycles. The van der Waals surface area contributed by atoms with Crippen LogP contribution < -0.4 is 0 Å². The number of nitrogens with zero attached hydrogens (tertiary/aromatic N) is 2. The van der Waals surface area contributed by atoms with Crippen LogP contribution in [0.2, 0.25) is 5.02 Å². The van der Waals surface area contributed by atoms with Gasteiger partial charge in [0.15, 0.2) is 0 Å². The SMILES string of the molecule is Cc1nn(C)c(C)c1CCC(=O)Cc1ccc(Cl)c(F)c1. The van der Waals surface area contributed by atoms with E-state index in [4.69, 9.17) is 11.6 Å². The number of aryl methyl sites for hydroxylation is 2. The summed E-state index contributed by atoms with van der Waals surface area (Å²) >= 11 is 5.63. The number of Topliss-reactive ketones (excluding diaryl/α,β-unsaturated/α-hetero) is 1. The van der Waals surface area contributed by atoms with E-state index in [9.17, 15) is 9.18 Å². The summed E-state index contributed by atoms with van der Waals surface area (Å²) in [7, 11) is 1.89. The number of hydrogen-bond acceptors (Lipinski definition) is 2. The zero-order chi connectivity index (χ0) is 15.6. The van der Waals surface area contributed by atoms with Gasteiger partial charge in [0.05, 0.1) is 10.7 Å². The summed E-state index contributed by atoms with van der Waals surface area (Å²) in [5.74, 6) is -0.403. The van der Waals surface area contributed by atoms with E-state index in [1.165, 1.54) is 12.1 Å². The normalized spacial score (nSPS) is 10.9. The number of ketones is 1. The molecule has 0 fully saturated rings. The average molecular weight is 309 g/mol. The predicted octanol–water partition coefficient (Wildman–Crippen LogP) is 3.57. The first-order chi connectivity index (χ1) is 9.88. The zero-order valence-corrected chi connectivity index (χ0v) is 13.2. The van der Waals surface area contributed by atoms with Gasteiger partial charge in [-0.2, -0.15) is 5.10 Å². The standard InChI is InChI=1S/C16H18ClFN2O/c1-10-14(11(2)20(3)19-10)6-5-13(21)8-12-4-7-15(17)16(18)9-12/h4,7,9H,5-6,8H2,1-3H3. The minimum absolute atomic E-state index is 0.0767. The van der Waals surface area contributed by atoms with Gasteiger partial charge in [-0.15, -0.1) is 0 Å². The van der Waals surface area contributed by atoms with E-state index >= 15 is 0 Å². The van der Waals surface area contributed by atoms with Gasteiger partial charge in [-0.25, -0.2) is 4.39 Å². The Kier molecular flexibility index (Phi) is 4.78. The van der Waals surface area contributed by atoms with Crippen LogP contribution in [0.3, 0.4) is 0 Å². The summed E-state index contributed by atoms with van der Waals surface area (Å²) < 4.78 is 15.2. The quantitative estimate of drug-likeness (QED) is 0.846. The van der Waals surface area contributed by atoms with Gasteiger partial charge in [0, 0.05) is 25.6 Å². The molecule has 5 heteroatoms. The largest absolute Gasteiger partial charge is 0.299 e. The van der Waals surface area contributed by atoms with Gasteiger partial charge < -0.3 is 0 Å². The topological polar surface area (TPSA) is 34.9 Å². The van der Waals surface area contributed by atoms with Crippen molar-refractivity contribution in [3.8, 4) is 0 Å². The fraction of sp³-hybridized carbons (Fsp3) is 0.375. The van der Waals surface area contributed by atoms with Crippen LogP contribution in [0.1, 0.15) is 28.9 Å². The Labute approximate surface area is 128 Å². The third-order valence-corrected chi connectivity index (χ3v) is 4.00. The monoisotopic (exact) mass is 308 g/mol. The highest BCUT2D eigenvalue weighted by Crippen LogP contribution is 2.18. The van der Waals surface area contributed by atoms with Gasteiger partial charge in [0.25, 0.3) is 0 Å². The molecule has 21 heavy (non-hydrogen) atoms. The molecule has 0 N–H and O–H groups in total. The minimum atomic E-state index is -0.485. The highest BCUT2D eigenvalue weighted by atomic mass is 35.5. The highest BCUT2D eigenvalue weighted by Gasteiger charge is 2.12. The van der Waals surface area contributed by atoms with E-state index in [1.54, 1.807) is 6.07 Å². The molecule has 3 nitrogen and oxygen atoms in total. The Hall–Kier alpha value is -1.68. The Balaban J connectivity index is 1.97. The smallest absolute Gasteiger partial charge is 0.142 e. The van der Waals surface area contributed by atoms with Gasteiger partial charge in [-0.1, -0.05) is 17.7 Å². The van der Waals surface area contributed by atoms with Crippen molar-refractivity contribution < 1.29 is 9.18 Å². The molecule has 0 saturated carbocycles. The molecule has 0 spiro atoms. The second-order valence-electron chi connectivity index (χ2n) is 5.24. The van der Waals surface area contributed by atoms with Gasteiger partial charge in [-0.05, 0) is 43.5 Å². The van der Waals surface area contributed by atoms with Crippen LogP contribution in [-0.4, -0.2) is 15.6 Å². The molecule has 2 aromatic rings. The first kappa shape index (κ1) is 15.7. The molecular formula is C16H18ClFN2O. The maximum Gasteiger partial charge on any atom is 0.142 e. The number of benzene rings is 1. The second kappa shape index (κ2) is 6.39. The summed E-state index contributed by atoms with van der Waals surface area (Å²) in [6.07, 6.45) is 1.32. The zero-order valence-electron chi connectivity index (χ0n) is 12.4. The summed E-state index contributed by atoms with van der Waals surface area (Å²) in [6, 6.07) is 4.49. The molecule has 1 aromatic carbocycles. The van der Waals surface area contributed by atoms with Crippen molar-refractivity contribution in [2.45, 2.75) is 33.1 Å². The lowest BCUT2D eigenvalue weighted by molar-refractivity contribution is -0.118. The molecule has 0 atom stereocenters. The molecule has 0 aliphatic carbocycles. The Morgan fingerprint density at radius 2 is 2.10 bits per heavy atom. The van der Waals surface area contributed by atoms with Crippen molar-refractivity contribution in [2.75, 3.05) is 0 Å². The van der Waals surface area contributed by atoms with Gasteiger partial charge in [-0.3, -0.25) is 9.48 Å². The van der Waals surface area contributed by atoms with Crippen LogP contribution in [-0.2, 0) is 24.7 Å². The van der Waals surface area contributed by atoms with Crippen LogP contribution in [0.15, 0.2) is 18.2 Å². The molecule has 1 heterocycles. The molecule has 0 amide bonds. The third-order valence-electron chi connectivity index (χ3n) is 3.70. The predicted molar refractivity (Wildman–Crippen MR) is 81.1 cm³/mol. The second-order valence-corrected chi connectivity index (χ2v) is 5.64. The molecule has 0 unspecified atom stereocenters.